The molecular weight excluding hydrogens is 344 g/mol. The molecule has 0 aliphatic heterocycles. The van der Waals surface area contributed by atoms with Crippen LogP contribution in [0.3, 0.4) is 0 Å². The summed E-state index contributed by atoms with van der Waals surface area (Å²) in [6.07, 6.45) is 1.62. The van der Waals surface area contributed by atoms with Gasteiger partial charge in [0.1, 0.15) is 5.75 Å². The van der Waals surface area contributed by atoms with Crippen molar-refractivity contribution in [2.24, 2.45) is 5.73 Å². The van der Waals surface area contributed by atoms with E-state index in [9.17, 15) is 4.79 Å². The van der Waals surface area contributed by atoms with E-state index in [0.29, 0.717) is 12.3 Å². The highest BCUT2D eigenvalue weighted by molar-refractivity contribution is 9.10. The summed E-state index contributed by atoms with van der Waals surface area (Å²) < 4.78 is 6.37. The standard InChI is InChI=1S/C14H21BrN2O2.ClH/c1-3-14(4-2,10-16)17-13(18)9-19-12-7-5-6-11(15)8-12;/h5-8H,3-4,9-10,16H2,1-2H3,(H,17,18);1H. The first kappa shape index (κ1) is 19.2. The molecule has 0 aliphatic rings. The molecule has 0 saturated carbocycles. The molecule has 114 valence electrons. The van der Waals surface area contributed by atoms with Gasteiger partial charge >= 0.3 is 0 Å². The summed E-state index contributed by atoms with van der Waals surface area (Å²) >= 11 is 3.35. The highest BCUT2D eigenvalue weighted by Gasteiger charge is 2.26. The van der Waals surface area contributed by atoms with E-state index in [1.807, 2.05) is 38.1 Å². The Balaban J connectivity index is 0.00000361. The number of carbonyl (C=O) groups excluding carboxylic acids is 1. The summed E-state index contributed by atoms with van der Waals surface area (Å²) in [5.41, 5.74) is 5.42. The number of nitrogens with two attached hydrogens (primary N) is 1. The van der Waals surface area contributed by atoms with E-state index in [1.165, 1.54) is 0 Å². The van der Waals surface area contributed by atoms with Crippen molar-refractivity contribution in [1.29, 1.82) is 0 Å². The van der Waals surface area contributed by atoms with E-state index in [2.05, 4.69) is 21.2 Å². The van der Waals surface area contributed by atoms with E-state index in [-0.39, 0.29) is 30.5 Å². The SMILES string of the molecule is CCC(CC)(CN)NC(=O)COc1cccc(Br)c1.Cl. The molecule has 4 nitrogen and oxygen atoms in total. The average molecular weight is 366 g/mol. The molecule has 1 aromatic carbocycles. The molecule has 0 atom stereocenters. The lowest BCUT2D eigenvalue weighted by Gasteiger charge is -2.31. The number of hydrogen-bond acceptors (Lipinski definition) is 3. The van der Waals surface area contributed by atoms with Crippen molar-refractivity contribution in [2.45, 2.75) is 32.2 Å². The Morgan fingerprint density at radius 2 is 2.05 bits per heavy atom. The first-order chi connectivity index (χ1) is 9.05. The van der Waals surface area contributed by atoms with Gasteiger partial charge in [-0.2, -0.15) is 0 Å². The minimum absolute atomic E-state index is 0. The number of halogens is 2. The molecule has 0 spiro atoms. The molecule has 1 amide bonds. The molecule has 0 unspecified atom stereocenters. The summed E-state index contributed by atoms with van der Waals surface area (Å²) in [7, 11) is 0. The minimum atomic E-state index is -0.322. The third-order valence-electron chi connectivity index (χ3n) is 3.31. The molecule has 6 heteroatoms. The maximum atomic E-state index is 11.9. The summed E-state index contributed by atoms with van der Waals surface area (Å²) in [4.78, 5) is 11.9. The van der Waals surface area contributed by atoms with Crippen LogP contribution in [0.15, 0.2) is 28.7 Å². The maximum absolute atomic E-state index is 11.9. The number of amides is 1. The van der Waals surface area contributed by atoms with Gasteiger partial charge in [0, 0.05) is 11.0 Å². The van der Waals surface area contributed by atoms with E-state index < -0.39 is 0 Å². The van der Waals surface area contributed by atoms with Crippen molar-refractivity contribution in [3.8, 4) is 5.75 Å². The van der Waals surface area contributed by atoms with E-state index in [0.717, 1.165) is 17.3 Å². The van der Waals surface area contributed by atoms with Gasteiger partial charge in [-0.1, -0.05) is 35.8 Å². The van der Waals surface area contributed by atoms with Gasteiger partial charge in [-0.05, 0) is 31.0 Å². The quantitative estimate of drug-likeness (QED) is 0.781. The number of rotatable bonds is 7. The highest BCUT2D eigenvalue weighted by atomic mass is 79.9. The molecule has 0 bridgehead atoms. The Hall–Kier alpha value is -0.780. The number of hydrogen-bond donors (Lipinski definition) is 2. The lowest BCUT2D eigenvalue weighted by molar-refractivity contribution is -0.125. The molecule has 0 aliphatic carbocycles. The predicted molar refractivity (Wildman–Crippen MR) is 87.4 cm³/mol. The molecule has 0 heterocycles. The van der Waals surface area contributed by atoms with Crippen molar-refractivity contribution in [3.63, 3.8) is 0 Å². The van der Waals surface area contributed by atoms with Gasteiger partial charge in [0.15, 0.2) is 6.61 Å². The highest BCUT2D eigenvalue weighted by Crippen LogP contribution is 2.18. The van der Waals surface area contributed by atoms with Crippen LogP contribution in [0.1, 0.15) is 26.7 Å². The Kier molecular flexibility index (Phi) is 8.85. The van der Waals surface area contributed by atoms with E-state index in [1.54, 1.807) is 0 Å². The fourth-order valence-corrected chi connectivity index (χ4v) is 2.18. The second-order valence-electron chi connectivity index (χ2n) is 4.49. The summed E-state index contributed by atoms with van der Waals surface area (Å²) in [6, 6.07) is 7.40. The smallest absolute Gasteiger partial charge is 0.258 e. The molecule has 1 aromatic rings. The number of ether oxygens (including phenoxy) is 1. The third-order valence-corrected chi connectivity index (χ3v) is 3.81. The van der Waals surface area contributed by atoms with Crippen LogP contribution in [0.5, 0.6) is 5.75 Å². The van der Waals surface area contributed by atoms with Crippen LogP contribution in [0.25, 0.3) is 0 Å². The van der Waals surface area contributed by atoms with Crippen LogP contribution in [0.4, 0.5) is 0 Å². The topological polar surface area (TPSA) is 64.3 Å². The monoisotopic (exact) mass is 364 g/mol. The molecular formula is C14H22BrClN2O2. The zero-order chi connectivity index (χ0) is 14.3. The fourth-order valence-electron chi connectivity index (χ4n) is 1.80. The fraction of sp³-hybridized carbons (Fsp3) is 0.500. The Labute approximate surface area is 135 Å². The first-order valence-electron chi connectivity index (χ1n) is 6.44. The molecule has 0 radical (unpaired) electrons. The van der Waals surface area contributed by atoms with Crippen molar-refractivity contribution in [1.82, 2.24) is 5.32 Å². The number of benzene rings is 1. The van der Waals surface area contributed by atoms with Crippen LogP contribution in [0.2, 0.25) is 0 Å². The lowest BCUT2D eigenvalue weighted by atomic mass is 9.93. The second kappa shape index (κ2) is 9.21. The Morgan fingerprint density at radius 1 is 1.40 bits per heavy atom. The van der Waals surface area contributed by atoms with E-state index in [4.69, 9.17) is 10.5 Å². The molecule has 0 saturated heterocycles. The van der Waals surface area contributed by atoms with Gasteiger partial charge < -0.3 is 15.8 Å². The van der Waals surface area contributed by atoms with Crippen LogP contribution in [-0.2, 0) is 4.79 Å². The molecule has 1 rings (SSSR count). The van der Waals surface area contributed by atoms with Gasteiger partial charge in [0.25, 0.3) is 5.91 Å². The number of carbonyl (C=O) groups is 1. The van der Waals surface area contributed by atoms with Crippen LogP contribution >= 0.6 is 28.3 Å². The Bertz CT molecular complexity index is 417. The van der Waals surface area contributed by atoms with Crippen molar-refractivity contribution < 1.29 is 9.53 Å². The zero-order valence-corrected chi connectivity index (χ0v) is 14.2. The van der Waals surface area contributed by atoms with Crippen LogP contribution < -0.4 is 15.8 Å². The van der Waals surface area contributed by atoms with Gasteiger partial charge in [0.05, 0.1) is 5.54 Å². The average Bonchev–Trinajstić information content (AvgIpc) is 2.43. The molecule has 3 N–H and O–H groups in total. The van der Waals surface area contributed by atoms with Gasteiger partial charge in [-0.15, -0.1) is 12.4 Å². The van der Waals surface area contributed by atoms with Crippen molar-refractivity contribution >= 4 is 34.2 Å². The van der Waals surface area contributed by atoms with Crippen molar-refractivity contribution in [2.75, 3.05) is 13.2 Å². The summed E-state index contributed by atoms with van der Waals surface area (Å²) in [5.74, 6) is 0.519. The summed E-state index contributed by atoms with van der Waals surface area (Å²) in [5, 5.41) is 2.96. The third kappa shape index (κ3) is 5.69. The second-order valence-corrected chi connectivity index (χ2v) is 5.40. The number of nitrogens with one attached hydrogen (secondary N) is 1. The Morgan fingerprint density at radius 3 is 2.55 bits per heavy atom. The van der Waals surface area contributed by atoms with Gasteiger partial charge in [-0.25, -0.2) is 0 Å². The lowest BCUT2D eigenvalue weighted by Crippen LogP contribution is -2.54. The molecule has 0 fully saturated rings. The molecule has 0 aromatic heterocycles. The van der Waals surface area contributed by atoms with Gasteiger partial charge in [0.2, 0.25) is 0 Å². The largest absolute Gasteiger partial charge is 0.484 e. The van der Waals surface area contributed by atoms with E-state index >= 15 is 0 Å². The first-order valence-corrected chi connectivity index (χ1v) is 7.24. The minimum Gasteiger partial charge on any atom is -0.484 e. The molecule has 20 heavy (non-hydrogen) atoms. The van der Waals surface area contributed by atoms with Crippen LogP contribution in [0, 0.1) is 0 Å². The maximum Gasteiger partial charge on any atom is 0.258 e. The normalized spacial score (nSPS) is 10.6. The predicted octanol–water partition coefficient (Wildman–Crippen LogP) is 2.88. The van der Waals surface area contributed by atoms with Crippen LogP contribution in [-0.4, -0.2) is 24.6 Å². The van der Waals surface area contributed by atoms with Crippen molar-refractivity contribution in [3.05, 3.63) is 28.7 Å². The zero-order valence-electron chi connectivity index (χ0n) is 11.8. The van der Waals surface area contributed by atoms with Gasteiger partial charge in [-0.3, -0.25) is 4.79 Å². The summed E-state index contributed by atoms with van der Waals surface area (Å²) in [6.45, 7) is 4.47.